The molecule has 0 saturated heterocycles. The summed E-state index contributed by atoms with van der Waals surface area (Å²) >= 11 is 0. The quantitative estimate of drug-likeness (QED) is 0.830. The molecule has 2 heterocycles. The Kier molecular flexibility index (Phi) is 4.44. The van der Waals surface area contributed by atoms with Crippen LogP contribution in [0.1, 0.15) is 24.3 Å². The molecule has 0 radical (unpaired) electrons. The monoisotopic (exact) mass is 349 g/mol. The van der Waals surface area contributed by atoms with Gasteiger partial charge in [0.05, 0.1) is 12.5 Å². The van der Waals surface area contributed by atoms with Crippen molar-refractivity contribution in [1.82, 2.24) is 4.98 Å². The minimum Gasteiger partial charge on any atom is -0.486 e. The molecule has 1 saturated carbocycles. The molecule has 0 unspecified atom stereocenters. The van der Waals surface area contributed by atoms with Crippen molar-refractivity contribution in [2.75, 3.05) is 24.7 Å². The molecule has 1 fully saturated rings. The molecular formula is C20H19N3O3. The molecule has 1 aliphatic carbocycles. The molecule has 0 N–H and O–H groups in total. The first-order chi connectivity index (χ1) is 12.8. The van der Waals surface area contributed by atoms with E-state index < -0.39 is 0 Å². The lowest BCUT2D eigenvalue weighted by Crippen LogP contribution is -2.33. The molecule has 1 aromatic carbocycles. The van der Waals surface area contributed by atoms with Gasteiger partial charge in [0.1, 0.15) is 13.2 Å². The zero-order chi connectivity index (χ0) is 17.9. The number of carbonyl (C=O) groups is 1. The van der Waals surface area contributed by atoms with E-state index in [9.17, 15) is 4.79 Å². The number of benzene rings is 1. The first-order valence-corrected chi connectivity index (χ1v) is 8.76. The van der Waals surface area contributed by atoms with Crippen LogP contribution in [-0.4, -0.2) is 30.6 Å². The van der Waals surface area contributed by atoms with Crippen LogP contribution in [0.3, 0.4) is 0 Å². The minimum absolute atomic E-state index is 0.0470. The third kappa shape index (κ3) is 3.21. The van der Waals surface area contributed by atoms with Gasteiger partial charge in [0, 0.05) is 36.6 Å². The Morgan fingerprint density at radius 2 is 2.12 bits per heavy atom. The van der Waals surface area contributed by atoms with Crippen molar-refractivity contribution in [1.29, 1.82) is 5.26 Å². The zero-order valence-corrected chi connectivity index (χ0v) is 14.3. The van der Waals surface area contributed by atoms with Crippen LogP contribution in [0.15, 0.2) is 42.7 Å². The maximum atomic E-state index is 13.1. The van der Waals surface area contributed by atoms with Crippen LogP contribution in [0.5, 0.6) is 11.5 Å². The number of rotatable bonds is 5. The second-order valence-electron chi connectivity index (χ2n) is 6.46. The fourth-order valence-corrected chi connectivity index (χ4v) is 3.36. The number of ether oxygens (including phenoxy) is 2. The first kappa shape index (κ1) is 16.4. The number of fused-ring (bicyclic) bond motifs is 1. The van der Waals surface area contributed by atoms with Gasteiger partial charge in [0.15, 0.2) is 11.5 Å². The van der Waals surface area contributed by atoms with E-state index in [0.717, 1.165) is 17.7 Å². The number of aromatic nitrogens is 1. The predicted octanol–water partition coefficient (Wildman–Crippen LogP) is 2.90. The molecule has 0 spiro atoms. The zero-order valence-electron chi connectivity index (χ0n) is 14.3. The SMILES string of the molecule is N#CCCN(C(=O)[C@@H]1C[C@H]1c1cccnc1)c1ccc2c(c1)OCCO2. The van der Waals surface area contributed by atoms with Crippen LogP contribution in [-0.2, 0) is 4.79 Å². The van der Waals surface area contributed by atoms with E-state index in [-0.39, 0.29) is 24.2 Å². The summed E-state index contributed by atoms with van der Waals surface area (Å²) in [7, 11) is 0. The molecule has 2 aliphatic rings. The highest BCUT2D eigenvalue weighted by Crippen LogP contribution is 2.49. The molecule has 1 aromatic heterocycles. The molecule has 0 bridgehead atoms. The van der Waals surface area contributed by atoms with Crippen molar-refractivity contribution in [3.05, 3.63) is 48.3 Å². The number of nitriles is 1. The van der Waals surface area contributed by atoms with Gasteiger partial charge in [-0.05, 0) is 36.1 Å². The van der Waals surface area contributed by atoms with Gasteiger partial charge < -0.3 is 14.4 Å². The number of hydrogen-bond donors (Lipinski definition) is 0. The molecule has 132 valence electrons. The lowest BCUT2D eigenvalue weighted by atomic mass is 10.1. The van der Waals surface area contributed by atoms with E-state index in [1.807, 2.05) is 36.5 Å². The molecule has 2 atom stereocenters. The van der Waals surface area contributed by atoms with E-state index in [0.29, 0.717) is 31.3 Å². The standard InChI is InChI=1S/C20H19N3O3/c21-6-2-8-23(15-4-5-18-19(11-15)26-10-9-25-18)20(24)17-12-16(17)14-3-1-7-22-13-14/h1,3-5,7,11,13,16-17H,2,8-10,12H2/t16-,17+/m0/s1. The highest BCUT2D eigenvalue weighted by atomic mass is 16.6. The highest BCUT2D eigenvalue weighted by Gasteiger charge is 2.46. The third-order valence-corrected chi connectivity index (χ3v) is 4.77. The Hall–Kier alpha value is -3.07. The van der Waals surface area contributed by atoms with E-state index >= 15 is 0 Å². The lowest BCUT2D eigenvalue weighted by molar-refractivity contribution is -0.119. The Morgan fingerprint density at radius 3 is 2.88 bits per heavy atom. The smallest absolute Gasteiger partial charge is 0.230 e. The Morgan fingerprint density at radius 1 is 1.27 bits per heavy atom. The van der Waals surface area contributed by atoms with E-state index in [2.05, 4.69) is 11.1 Å². The summed E-state index contributed by atoms with van der Waals surface area (Å²) in [6, 6.07) is 11.5. The topological polar surface area (TPSA) is 75.5 Å². The number of anilines is 1. The van der Waals surface area contributed by atoms with Gasteiger partial charge in [-0.3, -0.25) is 9.78 Å². The molecule has 6 heteroatoms. The van der Waals surface area contributed by atoms with Gasteiger partial charge in [-0.1, -0.05) is 6.07 Å². The average molecular weight is 349 g/mol. The lowest BCUT2D eigenvalue weighted by Gasteiger charge is -2.25. The first-order valence-electron chi connectivity index (χ1n) is 8.76. The second kappa shape index (κ2) is 7.04. The Bertz CT molecular complexity index is 847. The molecular weight excluding hydrogens is 330 g/mol. The summed E-state index contributed by atoms with van der Waals surface area (Å²) < 4.78 is 11.2. The van der Waals surface area contributed by atoms with Crippen molar-refractivity contribution in [2.45, 2.75) is 18.8 Å². The van der Waals surface area contributed by atoms with E-state index in [1.54, 1.807) is 11.1 Å². The number of nitrogens with zero attached hydrogens (tertiary/aromatic N) is 3. The molecule has 26 heavy (non-hydrogen) atoms. The molecule has 1 aliphatic heterocycles. The number of pyridine rings is 1. The molecule has 1 amide bonds. The average Bonchev–Trinajstić information content (AvgIpc) is 3.49. The van der Waals surface area contributed by atoms with Crippen LogP contribution in [0.2, 0.25) is 0 Å². The summed E-state index contributed by atoms with van der Waals surface area (Å²) in [5.74, 6) is 1.52. The van der Waals surface area contributed by atoms with E-state index in [1.165, 1.54) is 0 Å². The van der Waals surface area contributed by atoms with Crippen molar-refractivity contribution >= 4 is 11.6 Å². The highest BCUT2D eigenvalue weighted by molar-refractivity contribution is 5.97. The fourth-order valence-electron chi connectivity index (χ4n) is 3.36. The van der Waals surface area contributed by atoms with Gasteiger partial charge in [0.2, 0.25) is 5.91 Å². The summed E-state index contributed by atoms with van der Waals surface area (Å²) in [4.78, 5) is 18.9. The maximum absolute atomic E-state index is 13.1. The predicted molar refractivity (Wildman–Crippen MR) is 95.1 cm³/mol. The van der Waals surface area contributed by atoms with Gasteiger partial charge >= 0.3 is 0 Å². The molecule has 4 rings (SSSR count). The third-order valence-electron chi connectivity index (χ3n) is 4.77. The van der Waals surface area contributed by atoms with Gasteiger partial charge in [0.25, 0.3) is 0 Å². The molecule has 2 aromatic rings. The van der Waals surface area contributed by atoms with Gasteiger partial charge in [-0.25, -0.2) is 0 Å². The minimum atomic E-state index is -0.0638. The summed E-state index contributed by atoms with van der Waals surface area (Å²) in [5.41, 5.74) is 1.83. The summed E-state index contributed by atoms with van der Waals surface area (Å²) in [5, 5.41) is 8.98. The van der Waals surface area contributed by atoms with Crippen molar-refractivity contribution in [3.63, 3.8) is 0 Å². The normalized spacial score (nSPS) is 20.1. The Balaban J connectivity index is 1.55. The molecule has 6 nitrogen and oxygen atoms in total. The van der Waals surface area contributed by atoms with Crippen LogP contribution in [0.4, 0.5) is 5.69 Å². The van der Waals surface area contributed by atoms with Crippen molar-refractivity contribution < 1.29 is 14.3 Å². The summed E-state index contributed by atoms with van der Waals surface area (Å²) in [6.45, 7) is 1.39. The Labute approximate surface area is 152 Å². The largest absolute Gasteiger partial charge is 0.486 e. The van der Waals surface area contributed by atoms with Crippen LogP contribution < -0.4 is 14.4 Å². The fraction of sp³-hybridized carbons (Fsp3) is 0.350. The maximum Gasteiger partial charge on any atom is 0.230 e. The van der Waals surface area contributed by atoms with Crippen LogP contribution in [0, 0.1) is 17.2 Å². The van der Waals surface area contributed by atoms with Crippen molar-refractivity contribution in [2.24, 2.45) is 5.92 Å². The number of hydrogen-bond acceptors (Lipinski definition) is 5. The van der Waals surface area contributed by atoms with E-state index in [4.69, 9.17) is 14.7 Å². The second-order valence-corrected chi connectivity index (χ2v) is 6.46. The van der Waals surface area contributed by atoms with Gasteiger partial charge in [-0.15, -0.1) is 0 Å². The number of amides is 1. The number of carbonyl (C=O) groups excluding carboxylic acids is 1. The summed E-state index contributed by atoms with van der Waals surface area (Å²) in [6.07, 6.45) is 4.65. The van der Waals surface area contributed by atoms with Gasteiger partial charge in [-0.2, -0.15) is 5.26 Å². The van der Waals surface area contributed by atoms with Crippen LogP contribution in [0.25, 0.3) is 0 Å². The van der Waals surface area contributed by atoms with Crippen molar-refractivity contribution in [3.8, 4) is 17.6 Å². The van der Waals surface area contributed by atoms with Crippen LogP contribution >= 0.6 is 0 Å².